The van der Waals surface area contributed by atoms with Crippen LogP contribution in [0.4, 0.5) is 16.0 Å². The lowest BCUT2D eigenvalue weighted by Gasteiger charge is -2.05. The van der Waals surface area contributed by atoms with Crippen LogP contribution >= 0.6 is 0 Å². The van der Waals surface area contributed by atoms with Crippen molar-refractivity contribution >= 4 is 17.5 Å². The van der Waals surface area contributed by atoms with Gasteiger partial charge in [0.15, 0.2) is 5.76 Å². The fourth-order valence-corrected chi connectivity index (χ4v) is 3.02. The van der Waals surface area contributed by atoms with Crippen LogP contribution in [0.5, 0.6) is 5.75 Å². The van der Waals surface area contributed by atoms with E-state index in [0.717, 1.165) is 5.56 Å². The number of ether oxygens (including phenoxy) is 1. The molecule has 0 bridgehead atoms. The number of hydrogen-bond donors (Lipinski definition) is 1. The van der Waals surface area contributed by atoms with Crippen LogP contribution in [0.15, 0.2) is 65.3 Å². The molecule has 1 amide bonds. The van der Waals surface area contributed by atoms with Crippen LogP contribution in [0.25, 0.3) is 0 Å². The number of carbonyl (C=O) groups is 1. The first-order chi connectivity index (χ1) is 15.9. The van der Waals surface area contributed by atoms with Gasteiger partial charge in [0.1, 0.15) is 30.3 Å². The van der Waals surface area contributed by atoms with E-state index >= 15 is 0 Å². The third-order valence-electron chi connectivity index (χ3n) is 4.65. The summed E-state index contributed by atoms with van der Waals surface area (Å²) in [5.74, 6) is 0.117. The smallest absolute Gasteiger partial charge is 0.293 e. The number of benzene rings is 2. The molecule has 2 aromatic carbocycles. The van der Waals surface area contributed by atoms with E-state index in [2.05, 4.69) is 15.4 Å². The molecule has 168 valence electrons. The maximum absolute atomic E-state index is 13.0. The Hall–Kier alpha value is -4.54. The molecule has 0 fully saturated rings. The summed E-state index contributed by atoms with van der Waals surface area (Å²) in [6, 6.07) is 13.5. The van der Waals surface area contributed by atoms with Gasteiger partial charge in [-0.1, -0.05) is 12.1 Å². The van der Waals surface area contributed by atoms with E-state index < -0.39 is 10.8 Å². The SMILES string of the molecule is Cc1cc(OCc2ccc(C(=O)Nc3ncn(Cc4ccc(F)cc4)n3)o2)ccc1[N+](=O)[O-]. The Labute approximate surface area is 186 Å². The van der Waals surface area contributed by atoms with Gasteiger partial charge in [0.25, 0.3) is 11.6 Å². The van der Waals surface area contributed by atoms with Gasteiger partial charge in [-0.2, -0.15) is 0 Å². The van der Waals surface area contributed by atoms with E-state index in [4.69, 9.17) is 9.15 Å². The fourth-order valence-electron chi connectivity index (χ4n) is 3.02. The highest BCUT2D eigenvalue weighted by Gasteiger charge is 2.15. The number of halogens is 1. The minimum atomic E-state index is -0.535. The quantitative estimate of drug-likeness (QED) is 0.316. The Morgan fingerprint density at radius 1 is 1.21 bits per heavy atom. The highest BCUT2D eigenvalue weighted by atomic mass is 19.1. The number of aromatic nitrogens is 3. The summed E-state index contributed by atoms with van der Waals surface area (Å²) < 4.78 is 25.6. The molecule has 4 aromatic rings. The van der Waals surface area contributed by atoms with Gasteiger partial charge in [-0.25, -0.2) is 14.1 Å². The molecule has 0 aliphatic rings. The minimum absolute atomic E-state index is 0.00743. The van der Waals surface area contributed by atoms with Crippen LogP contribution in [-0.4, -0.2) is 25.6 Å². The molecule has 0 aliphatic heterocycles. The number of carbonyl (C=O) groups excluding carboxylic acids is 1. The van der Waals surface area contributed by atoms with Crippen molar-refractivity contribution in [1.29, 1.82) is 0 Å². The zero-order chi connectivity index (χ0) is 23.4. The number of furan rings is 1. The summed E-state index contributed by atoms with van der Waals surface area (Å²) in [6.07, 6.45) is 1.45. The van der Waals surface area contributed by atoms with Gasteiger partial charge >= 0.3 is 0 Å². The molecule has 0 saturated carbocycles. The number of rotatable bonds is 8. The highest BCUT2D eigenvalue weighted by molar-refractivity contribution is 6.01. The molecule has 33 heavy (non-hydrogen) atoms. The summed E-state index contributed by atoms with van der Waals surface area (Å²) in [5, 5.41) is 17.6. The van der Waals surface area contributed by atoms with E-state index in [9.17, 15) is 19.3 Å². The van der Waals surface area contributed by atoms with Gasteiger partial charge in [-0.15, -0.1) is 5.10 Å². The van der Waals surface area contributed by atoms with Crippen LogP contribution in [0, 0.1) is 22.9 Å². The minimum Gasteiger partial charge on any atom is -0.486 e. The van der Waals surface area contributed by atoms with Crippen molar-refractivity contribution in [2.45, 2.75) is 20.1 Å². The monoisotopic (exact) mass is 451 g/mol. The first-order valence-electron chi connectivity index (χ1n) is 9.79. The Kier molecular flexibility index (Phi) is 6.11. The molecule has 0 atom stereocenters. The summed E-state index contributed by atoms with van der Waals surface area (Å²) in [6.45, 7) is 2.03. The van der Waals surface area contributed by atoms with Crippen molar-refractivity contribution in [3.8, 4) is 5.75 Å². The first kappa shape index (κ1) is 21.7. The second-order valence-corrected chi connectivity index (χ2v) is 7.11. The van der Waals surface area contributed by atoms with Crippen molar-refractivity contribution in [1.82, 2.24) is 14.8 Å². The molecule has 11 heteroatoms. The molecular weight excluding hydrogens is 433 g/mol. The van der Waals surface area contributed by atoms with Crippen molar-refractivity contribution in [2.75, 3.05) is 5.32 Å². The molecule has 0 aliphatic carbocycles. The van der Waals surface area contributed by atoms with Crippen LogP contribution in [0.1, 0.15) is 27.4 Å². The Morgan fingerprint density at radius 2 is 2.00 bits per heavy atom. The van der Waals surface area contributed by atoms with Crippen LogP contribution in [0.3, 0.4) is 0 Å². The fraction of sp³-hybridized carbons (Fsp3) is 0.136. The molecule has 0 spiro atoms. The summed E-state index contributed by atoms with van der Waals surface area (Å²) in [4.78, 5) is 26.9. The molecule has 2 heterocycles. The highest BCUT2D eigenvalue weighted by Crippen LogP contribution is 2.24. The van der Waals surface area contributed by atoms with E-state index in [1.165, 1.54) is 41.3 Å². The van der Waals surface area contributed by atoms with Gasteiger partial charge in [0, 0.05) is 11.6 Å². The number of anilines is 1. The zero-order valence-electron chi connectivity index (χ0n) is 17.4. The molecule has 0 unspecified atom stereocenters. The predicted octanol–water partition coefficient (Wildman–Crippen LogP) is 4.11. The predicted molar refractivity (Wildman–Crippen MR) is 114 cm³/mol. The standard InChI is InChI=1S/C22H18FN5O5/c1-14-10-17(6-8-19(14)28(30)31)32-12-18-7-9-20(33-18)21(29)25-22-24-13-27(26-22)11-15-2-4-16(23)5-3-15/h2-10,13H,11-12H2,1H3,(H,25,26,29). The normalized spacial score (nSPS) is 10.7. The average molecular weight is 451 g/mol. The molecule has 0 saturated heterocycles. The number of nitrogens with zero attached hydrogens (tertiary/aromatic N) is 4. The Balaban J connectivity index is 1.32. The number of nitrogens with one attached hydrogen (secondary N) is 1. The van der Waals surface area contributed by atoms with Gasteiger partial charge in [-0.3, -0.25) is 20.2 Å². The molecular formula is C22H18FN5O5. The summed E-state index contributed by atoms with van der Waals surface area (Å²) in [5.41, 5.74) is 1.31. The number of nitro benzene ring substituents is 1. The molecule has 2 aromatic heterocycles. The Bertz CT molecular complexity index is 1300. The van der Waals surface area contributed by atoms with Gasteiger partial charge in [0.2, 0.25) is 5.95 Å². The molecule has 1 N–H and O–H groups in total. The second kappa shape index (κ2) is 9.30. The molecule has 4 rings (SSSR count). The lowest BCUT2D eigenvalue weighted by Crippen LogP contribution is -2.12. The van der Waals surface area contributed by atoms with Crippen LogP contribution < -0.4 is 10.1 Å². The third kappa shape index (κ3) is 5.39. The van der Waals surface area contributed by atoms with E-state index in [1.54, 1.807) is 31.2 Å². The van der Waals surface area contributed by atoms with E-state index in [1.807, 2.05) is 0 Å². The van der Waals surface area contributed by atoms with Crippen molar-refractivity contribution in [3.05, 3.63) is 99.5 Å². The van der Waals surface area contributed by atoms with Gasteiger partial charge < -0.3 is 9.15 Å². The summed E-state index contributed by atoms with van der Waals surface area (Å²) >= 11 is 0. The number of nitro groups is 1. The summed E-state index contributed by atoms with van der Waals surface area (Å²) in [7, 11) is 0. The van der Waals surface area contributed by atoms with Gasteiger partial charge in [0.05, 0.1) is 11.5 Å². The zero-order valence-corrected chi connectivity index (χ0v) is 17.4. The molecule has 10 nitrogen and oxygen atoms in total. The number of hydrogen-bond acceptors (Lipinski definition) is 7. The maximum Gasteiger partial charge on any atom is 0.293 e. The van der Waals surface area contributed by atoms with Crippen molar-refractivity contribution < 1.29 is 23.3 Å². The van der Waals surface area contributed by atoms with Crippen molar-refractivity contribution in [3.63, 3.8) is 0 Å². The maximum atomic E-state index is 13.0. The number of aryl methyl sites for hydroxylation is 1. The van der Waals surface area contributed by atoms with Crippen LogP contribution in [-0.2, 0) is 13.2 Å². The number of amides is 1. The van der Waals surface area contributed by atoms with E-state index in [0.29, 0.717) is 23.6 Å². The topological polar surface area (TPSA) is 125 Å². The average Bonchev–Trinajstić information content (AvgIpc) is 3.43. The third-order valence-corrected chi connectivity index (χ3v) is 4.65. The largest absolute Gasteiger partial charge is 0.486 e. The lowest BCUT2D eigenvalue weighted by molar-refractivity contribution is -0.385. The lowest BCUT2D eigenvalue weighted by atomic mass is 10.2. The Morgan fingerprint density at radius 3 is 2.73 bits per heavy atom. The molecule has 0 radical (unpaired) electrons. The van der Waals surface area contributed by atoms with Crippen LogP contribution in [0.2, 0.25) is 0 Å². The van der Waals surface area contributed by atoms with E-state index in [-0.39, 0.29) is 29.8 Å². The second-order valence-electron chi connectivity index (χ2n) is 7.11. The van der Waals surface area contributed by atoms with Crippen molar-refractivity contribution in [2.24, 2.45) is 0 Å². The first-order valence-corrected chi connectivity index (χ1v) is 9.79. The van der Waals surface area contributed by atoms with Gasteiger partial charge in [-0.05, 0) is 48.9 Å².